The molecule has 1 aromatic rings. The zero-order valence-corrected chi connectivity index (χ0v) is 10.7. The standard InChI is InChI=1S/C10H14FN3O4S/c11-9-2-1-8(5-7(9)6-12)19(16,17)14-3-4-18-10(13)15/h1-2,5,14H,3-4,6,12H2,(H2,13,15). The molecule has 0 aliphatic heterocycles. The average molecular weight is 291 g/mol. The van der Waals surface area contributed by atoms with Crippen molar-refractivity contribution in [3.8, 4) is 0 Å². The minimum absolute atomic E-state index is 0.0938. The lowest BCUT2D eigenvalue weighted by Crippen LogP contribution is -2.29. The number of rotatable bonds is 6. The molecule has 0 radical (unpaired) electrons. The Labute approximate surface area is 109 Å². The third-order valence-corrected chi connectivity index (χ3v) is 3.64. The zero-order valence-electron chi connectivity index (χ0n) is 9.93. The quantitative estimate of drug-likeness (QED) is 0.618. The van der Waals surface area contributed by atoms with Gasteiger partial charge >= 0.3 is 6.09 Å². The molecule has 0 unspecified atom stereocenters. The van der Waals surface area contributed by atoms with Crippen LogP contribution in [0.1, 0.15) is 5.56 Å². The van der Waals surface area contributed by atoms with E-state index in [1.54, 1.807) is 0 Å². The predicted molar refractivity (Wildman–Crippen MR) is 65.0 cm³/mol. The summed E-state index contributed by atoms with van der Waals surface area (Å²) in [6.45, 7) is -0.444. The van der Waals surface area contributed by atoms with E-state index in [1.165, 1.54) is 0 Å². The smallest absolute Gasteiger partial charge is 0.404 e. The first-order valence-electron chi connectivity index (χ1n) is 5.27. The van der Waals surface area contributed by atoms with E-state index >= 15 is 0 Å². The molecule has 19 heavy (non-hydrogen) atoms. The van der Waals surface area contributed by atoms with Crippen LogP contribution in [0.2, 0.25) is 0 Å². The third-order valence-electron chi connectivity index (χ3n) is 2.19. The summed E-state index contributed by atoms with van der Waals surface area (Å²) in [5, 5.41) is 0. The van der Waals surface area contributed by atoms with Crippen molar-refractivity contribution in [1.29, 1.82) is 0 Å². The fourth-order valence-electron chi connectivity index (χ4n) is 1.29. The number of ether oxygens (including phenoxy) is 1. The van der Waals surface area contributed by atoms with Crippen molar-refractivity contribution in [3.05, 3.63) is 29.6 Å². The number of carbonyl (C=O) groups is 1. The first kappa shape index (κ1) is 15.3. The Morgan fingerprint density at radius 1 is 1.42 bits per heavy atom. The van der Waals surface area contributed by atoms with E-state index in [2.05, 4.69) is 9.46 Å². The van der Waals surface area contributed by atoms with Crippen molar-refractivity contribution in [2.45, 2.75) is 11.4 Å². The van der Waals surface area contributed by atoms with E-state index in [1.807, 2.05) is 0 Å². The Balaban J connectivity index is 2.74. The molecule has 0 atom stereocenters. The fraction of sp³-hybridized carbons (Fsp3) is 0.300. The Hall–Kier alpha value is -1.71. The van der Waals surface area contributed by atoms with E-state index in [9.17, 15) is 17.6 Å². The first-order valence-corrected chi connectivity index (χ1v) is 6.75. The van der Waals surface area contributed by atoms with Gasteiger partial charge in [-0.2, -0.15) is 0 Å². The van der Waals surface area contributed by atoms with Gasteiger partial charge in [-0.3, -0.25) is 0 Å². The molecule has 1 rings (SSSR count). The number of halogens is 1. The van der Waals surface area contributed by atoms with E-state index in [0.717, 1.165) is 18.2 Å². The Morgan fingerprint density at radius 2 is 2.11 bits per heavy atom. The molecule has 0 saturated heterocycles. The molecule has 9 heteroatoms. The lowest BCUT2D eigenvalue weighted by atomic mass is 10.2. The van der Waals surface area contributed by atoms with Gasteiger partial charge in [-0.1, -0.05) is 0 Å². The SMILES string of the molecule is NCc1cc(S(=O)(=O)NCCOC(N)=O)ccc1F. The van der Waals surface area contributed by atoms with Gasteiger partial charge in [0, 0.05) is 18.7 Å². The molecule has 0 saturated carbocycles. The van der Waals surface area contributed by atoms with Gasteiger partial charge in [0.25, 0.3) is 0 Å². The minimum Gasteiger partial charge on any atom is -0.448 e. The molecule has 1 aromatic carbocycles. The fourth-order valence-corrected chi connectivity index (χ4v) is 2.35. The predicted octanol–water partition coefficient (Wildman–Crippen LogP) is -0.342. The van der Waals surface area contributed by atoms with Crippen LogP contribution in [0.5, 0.6) is 0 Å². The molecule has 0 bridgehead atoms. The summed E-state index contributed by atoms with van der Waals surface area (Å²) in [5.41, 5.74) is 10.1. The van der Waals surface area contributed by atoms with Crippen molar-refractivity contribution in [2.24, 2.45) is 11.5 Å². The summed E-state index contributed by atoms with van der Waals surface area (Å²) in [4.78, 5) is 10.2. The van der Waals surface area contributed by atoms with Gasteiger partial charge in [-0.05, 0) is 18.2 Å². The summed E-state index contributed by atoms with van der Waals surface area (Å²) >= 11 is 0. The highest BCUT2D eigenvalue weighted by atomic mass is 32.2. The number of hydrogen-bond donors (Lipinski definition) is 3. The van der Waals surface area contributed by atoms with Gasteiger partial charge in [-0.25, -0.2) is 22.3 Å². The number of nitrogens with two attached hydrogens (primary N) is 2. The summed E-state index contributed by atoms with van der Waals surface area (Å²) in [5.74, 6) is -0.571. The lowest BCUT2D eigenvalue weighted by molar-refractivity contribution is 0.159. The van der Waals surface area contributed by atoms with Crippen LogP contribution in [0.15, 0.2) is 23.1 Å². The summed E-state index contributed by atoms with van der Waals surface area (Å²) < 4.78 is 43.4. The summed E-state index contributed by atoms with van der Waals surface area (Å²) in [7, 11) is -3.81. The number of primary amides is 1. The summed E-state index contributed by atoms with van der Waals surface area (Å²) in [6, 6.07) is 3.29. The largest absolute Gasteiger partial charge is 0.448 e. The highest BCUT2D eigenvalue weighted by Gasteiger charge is 2.15. The molecule has 0 aromatic heterocycles. The molecular weight excluding hydrogens is 277 g/mol. The maximum atomic E-state index is 13.2. The molecule has 0 aliphatic carbocycles. The molecule has 0 aliphatic rings. The van der Waals surface area contributed by atoms with Crippen LogP contribution in [0.4, 0.5) is 9.18 Å². The maximum absolute atomic E-state index is 13.2. The van der Waals surface area contributed by atoms with Gasteiger partial charge in [0.05, 0.1) is 4.90 Å². The van der Waals surface area contributed by atoms with Crippen molar-refractivity contribution < 1.29 is 22.3 Å². The highest BCUT2D eigenvalue weighted by molar-refractivity contribution is 7.89. The van der Waals surface area contributed by atoms with Crippen molar-refractivity contribution >= 4 is 16.1 Å². The van der Waals surface area contributed by atoms with Crippen molar-refractivity contribution in [3.63, 3.8) is 0 Å². The van der Waals surface area contributed by atoms with E-state index in [-0.39, 0.29) is 30.2 Å². The third kappa shape index (κ3) is 4.47. The van der Waals surface area contributed by atoms with Crippen molar-refractivity contribution in [1.82, 2.24) is 4.72 Å². The Bertz CT molecular complexity index is 562. The molecule has 0 fully saturated rings. The number of amides is 1. The molecule has 5 N–H and O–H groups in total. The van der Waals surface area contributed by atoms with Crippen LogP contribution < -0.4 is 16.2 Å². The Kier molecular flexibility index (Phi) is 5.21. The van der Waals surface area contributed by atoms with Crippen LogP contribution in [0.25, 0.3) is 0 Å². The average Bonchev–Trinajstić information content (AvgIpc) is 2.35. The molecule has 0 heterocycles. The van der Waals surface area contributed by atoms with E-state index in [0.29, 0.717) is 0 Å². The van der Waals surface area contributed by atoms with E-state index in [4.69, 9.17) is 11.5 Å². The topological polar surface area (TPSA) is 125 Å². The number of benzene rings is 1. The van der Waals surface area contributed by atoms with Crippen LogP contribution in [0, 0.1) is 5.82 Å². The van der Waals surface area contributed by atoms with Gasteiger partial charge in [-0.15, -0.1) is 0 Å². The monoisotopic (exact) mass is 291 g/mol. The van der Waals surface area contributed by atoms with Gasteiger partial charge in [0.1, 0.15) is 12.4 Å². The number of nitrogens with one attached hydrogen (secondary N) is 1. The number of hydrogen-bond acceptors (Lipinski definition) is 5. The van der Waals surface area contributed by atoms with Gasteiger partial charge in [0.15, 0.2) is 0 Å². The van der Waals surface area contributed by atoms with Gasteiger partial charge in [0.2, 0.25) is 10.0 Å². The lowest BCUT2D eigenvalue weighted by Gasteiger charge is -2.08. The first-order chi connectivity index (χ1) is 8.86. The van der Waals surface area contributed by atoms with Crippen molar-refractivity contribution in [2.75, 3.05) is 13.2 Å². The molecule has 0 spiro atoms. The zero-order chi connectivity index (χ0) is 14.5. The van der Waals surface area contributed by atoms with Crippen LogP contribution in [0.3, 0.4) is 0 Å². The molecular formula is C10H14FN3O4S. The van der Waals surface area contributed by atoms with Crippen LogP contribution in [-0.2, 0) is 21.3 Å². The molecule has 106 valence electrons. The van der Waals surface area contributed by atoms with Crippen LogP contribution >= 0.6 is 0 Å². The maximum Gasteiger partial charge on any atom is 0.404 e. The van der Waals surface area contributed by atoms with E-state index < -0.39 is 21.9 Å². The Morgan fingerprint density at radius 3 is 2.68 bits per heavy atom. The summed E-state index contributed by atoms with van der Waals surface area (Å²) in [6.07, 6.45) is -0.994. The molecule has 1 amide bonds. The minimum atomic E-state index is -3.81. The van der Waals surface area contributed by atoms with Crippen LogP contribution in [-0.4, -0.2) is 27.7 Å². The second-order valence-electron chi connectivity index (χ2n) is 3.52. The second kappa shape index (κ2) is 6.45. The van der Waals surface area contributed by atoms with Gasteiger partial charge < -0.3 is 16.2 Å². The highest BCUT2D eigenvalue weighted by Crippen LogP contribution is 2.14. The molecule has 7 nitrogen and oxygen atoms in total. The second-order valence-corrected chi connectivity index (χ2v) is 5.29. The number of sulfonamides is 1. The number of carbonyl (C=O) groups excluding carboxylic acids is 1. The normalized spacial score (nSPS) is 11.3.